The molecule has 0 unspecified atom stereocenters. The molecule has 0 saturated carbocycles. The summed E-state index contributed by atoms with van der Waals surface area (Å²) in [4.78, 5) is 6.08. The molecule has 1 aliphatic heterocycles. The molecule has 1 aromatic carbocycles. The van der Waals surface area contributed by atoms with Crippen LogP contribution < -0.4 is 5.73 Å². The first-order valence-corrected chi connectivity index (χ1v) is 4.63. The quantitative estimate of drug-likeness (QED) is 0.759. The van der Waals surface area contributed by atoms with Crippen LogP contribution in [0.1, 0.15) is 5.56 Å². The van der Waals surface area contributed by atoms with E-state index in [9.17, 15) is 0 Å². The van der Waals surface area contributed by atoms with Gasteiger partial charge < -0.3 is 10.6 Å². The monoisotopic (exact) mass is 187 g/mol. The van der Waals surface area contributed by atoms with Crippen LogP contribution in [-0.2, 0) is 6.54 Å². The summed E-state index contributed by atoms with van der Waals surface area (Å²) in [5, 5.41) is 0. The van der Waals surface area contributed by atoms with Gasteiger partial charge in [0, 0.05) is 6.20 Å². The normalized spacial score (nSPS) is 15.4. The summed E-state index contributed by atoms with van der Waals surface area (Å²) < 4.78 is 0. The van der Waals surface area contributed by atoms with Crippen LogP contribution in [0.4, 0.5) is 0 Å². The summed E-state index contributed by atoms with van der Waals surface area (Å²) in [5.41, 5.74) is 6.99. The lowest BCUT2D eigenvalue weighted by Gasteiger charge is -2.21. The van der Waals surface area contributed by atoms with Crippen LogP contribution in [0.2, 0.25) is 0 Å². The summed E-state index contributed by atoms with van der Waals surface area (Å²) in [6.07, 6.45) is 3.98. The van der Waals surface area contributed by atoms with Gasteiger partial charge in [0.2, 0.25) is 0 Å². The molecule has 1 aromatic rings. The van der Waals surface area contributed by atoms with Crippen molar-refractivity contribution < 1.29 is 0 Å². The Morgan fingerprint density at radius 2 is 2.07 bits per heavy atom. The third-order valence-electron chi connectivity index (χ3n) is 2.13. The molecule has 0 amide bonds. The van der Waals surface area contributed by atoms with Crippen LogP contribution in [0.25, 0.3) is 0 Å². The van der Waals surface area contributed by atoms with Crippen molar-refractivity contribution in [2.24, 2.45) is 10.7 Å². The maximum absolute atomic E-state index is 5.75. The standard InChI is InChI=1S/C11H13N3/c12-11-13-7-4-8-14(11)9-10-5-2-1-3-6-10/h1-6,8H,7,9H2,(H2,12,13). The molecule has 0 bridgehead atoms. The minimum Gasteiger partial charge on any atom is -0.370 e. The van der Waals surface area contributed by atoms with Crippen LogP contribution in [0.3, 0.4) is 0 Å². The van der Waals surface area contributed by atoms with Gasteiger partial charge in [-0.05, 0) is 11.6 Å². The molecule has 3 heteroatoms. The first-order valence-electron chi connectivity index (χ1n) is 4.63. The highest BCUT2D eigenvalue weighted by Gasteiger charge is 2.07. The Morgan fingerprint density at radius 1 is 1.29 bits per heavy atom. The maximum Gasteiger partial charge on any atom is 0.195 e. The zero-order chi connectivity index (χ0) is 9.80. The van der Waals surface area contributed by atoms with Crippen molar-refractivity contribution in [2.45, 2.75) is 6.54 Å². The van der Waals surface area contributed by atoms with E-state index in [2.05, 4.69) is 17.1 Å². The van der Waals surface area contributed by atoms with Gasteiger partial charge in [0.1, 0.15) is 0 Å². The van der Waals surface area contributed by atoms with E-state index in [4.69, 9.17) is 5.73 Å². The third kappa shape index (κ3) is 1.93. The molecule has 0 atom stereocenters. The second kappa shape index (κ2) is 3.96. The Labute approximate surface area is 83.6 Å². The Balaban J connectivity index is 2.08. The number of rotatable bonds is 2. The molecule has 0 fully saturated rings. The molecular formula is C11H13N3. The number of hydrogen-bond acceptors (Lipinski definition) is 3. The highest BCUT2D eigenvalue weighted by Crippen LogP contribution is 2.06. The van der Waals surface area contributed by atoms with Gasteiger partial charge in [-0.25, -0.2) is 4.99 Å². The number of hydrogen-bond donors (Lipinski definition) is 1. The minimum absolute atomic E-state index is 0.594. The number of nitrogens with zero attached hydrogens (tertiary/aromatic N) is 2. The molecule has 3 nitrogen and oxygen atoms in total. The van der Waals surface area contributed by atoms with Gasteiger partial charge in [0.15, 0.2) is 5.96 Å². The van der Waals surface area contributed by atoms with Gasteiger partial charge in [-0.1, -0.05) is 30.3 Å². The maximum atomic E-state index is 5.75. The highest BCUT2D eigenvalue weighted by atomic mass is 15.2. The van der Waals surface area contributed by atoms with Crippen molar-refractivity contribution in [3.63, 3.8) is 0 Å². The highest BCUT2D eigenvalue weighted by molar-refractivity contribution is 5.79. The zero-order valence-electron chi connectivity index (χ0n) is 7.93. The fourth-order valence-corrected chi connectivity index (χ4v) is 1.40. The van der Waals surface area contributed by atoms with E-state index < -0.39 is 0 Å². The van der Waals surface area contributed by atoms with E-state index in [0.717, 1.165) is 6.54 Å². The molecular weight excluding hydrogens is 174 g/mol. The third-order valence-corrected chi connectivity index (χ3v) is 2.13. The molecule has 0 aromatic heterocycles. The Bertz CT molecular complexity index is 354. The summed E-state index contributed by atoms with van der Waals surface area (Å²) >= 11 is 0. The lowest BCUT2D eigenvalue weighted by Crippen LogP contribution is -2.34. The number of benzene rings is 1. The Kier molecular flexibility index (Phi) is 2.49. The average molecular weight is 187 g/mol. The van der Waals surface area contributed by atoms with Gasteiger partial charge in [-0.2, -0.15) is 0 Å². The first kappa shape index (κ1) is 8.81. The molecule has 2 N–H and O–H groups in total. The molecule has 72 valence electrons. The summed E-state index contributed by atoms with van der Waals surface area (Å²) in [5.74, 6) is 0.594. The lowest BCUT2D eigenvalue weighted by molar-refractivity contribution is 0.535. The first-order chi connectivity index (χ1) is 6.86. The van der Waals surface area contributed by atoms with Gasteiger partial charge in [0.05, 0.1) is 13.1 Å². The van der Waals surface area contributed by atoms with Gasteiger partial charge >= 0.3 is 0 Å². The molecule has 2 rings (SSSR count). The summed E-state index contributed by atoms with van der Waals surface area (Å²) in [7, 11) is 0. The van der Waals surface area contributed by atoms with Crippen LogP contribution in [0, 0.1) is 0 Å². The Morgan fingerprint density at radius 3 is 2.79 bits per heavy atom. The number of guanidine groups is 1. The predicted molar refractivity (Wildman–Crippen MR) is 57.6 cm³/mol. The fourth-order valence-electron chi connectivity index (χ4n) is 1.40. The van der Waals surface area contributed by atoms with E-state index in [0.29, 0.717) is 12.5 Å². The Hall–Kier alpha value is -1.77. The second-order valence-corrected chi connectivity index (χ2v) is 3.20. The smallest absolute Gasteiger partial charge is 0.195 e. The largest absolute Gasteiger partial charge is 0.370 e. The van der Waals surface area contributed by atoms with Gasteiger partial charge in [-0.15, -0.1) is 0 Å². The van der Waals surface area contributed by atoms with Crippen molar-refractivity contribution >= 4 is 5.96 Å². The second-order valence-electron chi connectivity index (χ2n) is 3.20. The lowest BCUT2D eigenvalue weighted by atomic mass is 10.2. The van der Waals surface area contributed by atoms with Crippen molar-refractivity contribution in [3.05, 3.63) is 48.2 Å². The van der Waals surface area contributed by atoms with Crippen LogP contribution >= 0.6 is 0 Å². The van der Waals surface area contributed by atoms with E-state index in [1.807, 2.05) is 35.4 Å². The van der Waals surface area contributed by atoms with Crippen LogP contribution in [-0.4, -0.2) is 17.4 Å². The fraction of sp³-hybridized carbons (Fsp3) is 0.182. The molecule has 14 heavy (non-hydrogen) atoms. The van der Waals surface area contributed by atoms with Crippen molar-refractivity contribution in [1.29, 1.82) is 0 Å². The predicted octanol–water partition coefficient (Wildman–Crippen LogP) is 1.33. The van der Waals surface area contributed by atoms with Crippen molar-refractivity contribution in [2.75, 3.05) is 6.54 Å². The summed E-state index contributed by atoms with van der Waals surface area (Å²) in [6, 6.07) is 10.2. The summed E-state index contributed by atoms with van der Waals surface area (Å²) in [6.45, 7) is 1.48. The minimum atomic E-state index is 0.594. The number of nitrogens with two attached hydrogens (primary N) is 1. The van der Waals surface area contributed by atoms with Gasteiger partial charge in [-0.3, -0.25) is 0 Å². The molecule has 1 heterocycles. The SMILES string of the molecule is NC1=NCC=CN1Cc1ccccc1. The molecule has 0 aliphatic carbocycles. The van der Waals surface area contributed by atoms with E-state index >= 15 is 0 Å². The molecule has 1 aliphatic rings. The van der Waals surface area contributed by atoms with E-state index in [-0.39, 0.29) is 0 Å². The van der Waals surface area contributed by atoms with Crippen LogP contribution in [0.15, 0.2) is 47.6 Å². The molecule has 0 spiro atoms. The van der Waals surface area contributed by atoms with Gasteiger partial charge in [0.25, 0.3) is 0 Å². The molecule has 0 saturated heterocycles. The van der Waals surface area contributed by atoms with Crippen molar-refractivity contribution in [1.82, 2.24) is 4.90 Å². The van der Waals surface area contributed by atoms with Crippen LogP contribution in [0.5, 0.6) is 0 Å². The van der Waals surface area contributed by atoms with Crippen molar-refractivity contribution in [3.8, 4) is 0 Å². The van der Waals surface area contributed by atoms with E-state index in [1.54, 1.807) is 0 Å². The average Bonchev–Trinajstić information content (AvgIpc) is 2.23. The topological polar surface area (TPSA) is 41.6 Å². The van der Waals surface area contributed by atoms with E-state index in [1.165, 1.54) is 5.56 Å². The number of aliphatic imine (C=N–C) groups is 1. The zero-order valence-corrected chi connectivity index (χ0v) is 7.93. The molecule has 0 radical (unpaired) electrons.